The van der Waals surface area contributed by atoms with Crippen LogP contribution in [-0.4, -0.2) is 12.3 Å². The molecule has 0 aliphatic rings. The third-order valence-electron chi connectivity index (χ3n) is 1.50. The van der Waals surface area contributed by atoms with Crippen LogP contribution in [0.5, 0.6) is 5.75 Å². The summed E-state index contributed by atoms with van der Waals surface area (Å²) in [5.41, 5.74) is 5.08. The monoisotopic (exact) mass is 183 g/mol. The molecule has 13 heavy (non-hydrogen) atoms. The van der Waals surface area contributed by atoms with E-state index in [1.54, 1.807) is 12.1 Å². The molecule has 0 heterocycles. The molecular formula is C7H9N3O3. The van der Waals surface area contributed by atoms with E-state index >= 15 is 0 Å². The van der Waals surface area contributed by atoms with Gasteiger partial charge in [-0.05, 0) is 12.1 Å². The molecule has 0 amide bonds. The van der Waals surface area contributed by atoms with Crippen LogP contribution in [0, 0.1) is 4.91 Å². The minimum Gasteiger partial charge on any atom is -0.494 e. The summed E-state index contributed by atoms with van der Waals surface area (Å²) in [4.78, 5) is 9.86. The van der Waals surface area contributed by atoms with Crippen molar-refractivity contribution in [3.63, 3.8) is 0 Å². The van der Waals surface area contributed by atoms with E-state index in [4.69, 9.17) is 9.94 Å². The maximum Gasteiger partial charge on any atom is 0.146 e. The van der Waals surface area contributed by atoms with Crippen molar-refractivity contribution in [1.82, 2.24) is 0 Å². The number of methoxy groups -OCH3 is 1. The highest BCUT2D eigenvalue weighted by atomic mass is 16.5. The second kappa shape index (κ2) is 4.27. The SMILES string of the molecule is COc1cc(NN=O)ccc1NO. The molecule has 0 saturated heterocycles. The molecule has 0 radical (unpaired) electrons. The molecule has 3 N–H and O–H groups in total. The minimum atomic E-state index is 0.413. The van der Waals surface area contributed by atoms with E-state index in [1.165, 1.54) is 13.2 Å². The number of benzene rings is 1. The largest absolute Gasteiger partial charge is 0.494 e. The number of hydrogen-bond acceptors (Lipinski definition) is 5. The van der Waals surface area contributed by atoms with Crippen LogP contribution in [0.15, 0.2) is 23.5 Å². The molecule has 0 spiro atoms. The highest BCUT2D eigenvalue weighted by Crippen LogP contribution is 2.27. The molecule has 0 atom stereocenters. The molecule has 0 saturated carbocycles. The number of rotatable bonds is 4. The fourth-order valence-corrected chi connectivity index (χ4v) is 0.906. The van der Waals surface area contributed by atoms with Crippen LogP contribution in [-0.2, 0) is 0 Å². The average Bonchev–Trinajstić information content (AvgIpc) is 2.18. The Morgan fingerprint density at radius 2 is 2.31 bits per heavy atom. The lowest BCUT2D eigenvalue weighted by atomic mass is 10.2. The van der Waals surface area contributed by atoms with Gasteiger partial charge in [0.25, 0.3) is 0 Å². The first-order valence-electron chi connectivity index (χ1n) is 3.48. The second-order valence-electron chi connectivity index (χ2n) is 2.23. The number of ether oxygens (including phenoxy) is 1. The van der Waals surface area contributed by atoms with Gasteiger partial charge in [-0.3, -0.25) is 10.7 Å². The van der Waals surface area contributed by atoms with Crippen LogP contribution in [0.1, 0.15) is 0 Å². The first-order chi connectivity index (χ1) is 6.31. The Hall–Kier alpha value is -1.82. The lowest BCUT2D eigenvalue weighted by molar-refractivity contribution is 0.373. The van der Waals surface area contributed by atoms with Crippen LogP contribution in [0.3, 0.4) is 0 Å². The van der Waals surface area contributed by atoms with Crippen molar-refractivity contribution in [2.75, 3.05) is 18.0 Å². The highest BCUT2D eigenvalue weighted by Gasteiger charge is 2.02. The molecule has 70 valence electrons. The van der Waals surface area contributed by atoms with Crippen LogP contribution < -0.4 is 15.6 Å². The predicted molar refractivity (Wildman–Crippen MR) is 47.8 cm³/mol. The molecule has 0 aliphatic carbocycles. The number of hydrogen-bond donors (Lipinski definition) is 3. The standard InChI is InChI=1S/C7H9N3O3/c1-13-7-4-5(8-10-12)2-3-6(7)9-11/h2-4,9,11H,1H3,(H,8,12). The third-order valence-corrected chi connectivity index (χ3v) is 1.50. The van der Waals surface area contributed by atoms with Gasteiger partial charge in [-0.15, -0.1) is 4.91 Å². The van der Waals surface area contributed by atoms with Gasteiger partial charge in [0.15, 0.2) is 0 Å². The van der Waals surface area contributed by atoms with Crippen molar-refractivity contribution in [2.24, 2.45) is 5.29 Å². The number of nitrogens with zero attached hydrogens (tertiary/aromatic N) is 1. The zero-order chi connectivity index (χ0) is 9.68. The Morgan fingerprint density at radius 3 is 2.85 bits per heavy atom. The Bertz CT molecular complexity index is 303. The molecule has 0 bridgehead atoms. The van der Waals surface area contributed by atoms with Gasteiger partial charge >= 0.3 is 0 Å². The molecule has 0 aliphatic heterocycles. The summed E-state index contributed by atoms with van der Waals surface area (Å²) < 4.78 is 4.92. The summed E-state index contributed by atoms with van der Waals surface area (Å²) in [6.45, 7) is 0. The van der Waals surface area contributed by atoms with E-state index in [1.807, 2.05) is 5.48 Å². The summed E-state index contributed by atoms with van der Waals surface area (Å²) in [5.74, 6) is 0.413. The summed E-state index contributed by atoms with van der Waals surface area (Å²) in [7, 11) is 1.45. The van der Waals surface area contributed by atoms with E-state index in [2.05, 4.69) is 10.7 Å². The lowest BCUT2D eigenvalue weighted by Crippen LogP contribution is -1.95. The van der Waals surface area contributed by atoms with Crippen molar-refractivity contribution < 1.29 is 9.94 Å². The van der Waals surface area contributed by atoms with Gasteiger partial charge in [0, 0.05) is 6.07 Å². The molecule has 1 aromatic carbocycles. The van der Waals surface area contributed by atoms with E-state index < -0.39 is 0 Å². The normalized spacial score (nSPS) is 9.08. The minimum absolute atomic E-state index is 0.413. The fraction of sp³-hybridized carbons (Fsp3) is 0.143. The maximum absolute atomic E-state index is 9.86. The lowest BCUT2D eigenvalue weighted by Gasteiger charge is -2.07. The smallest absolute Gasteiger partial charge is 0.146 e. The van der Waals surface area contributed by atoms with Crippen LogP contribution in [0.2, 0.25) is 0 Å². The van der Waals surface area contributed by atoms with E-state index in [9.17, 15) is 4.91 Å². The summed E-state index contributed by atoms with van der Waals surface area (Å²) in [5, 5.41) is 11.1. The summed E-state index contributed by atoms with van der Waals surface area (Å²) in [6, 6.07) is 4.65. The zero-order valence-corrected chi connectivity index (χ0v) is 6.94. The van der Waals surface area contributed by atoms with Gasteiger partial charge in [0.2, 0.25) is 0 Å². The number of nitroso groups, excluding NO2 is 1. The quantitative estimate of drug-likeness (QED) is 0.487. The first-order valence-corrected chi connectivity index (χ1v) is 3.48. The van der Waals surface area contributed by atoms with Gasteiger partial charge in [0.1, 0.15) is 11.4 Å². The number of nitrogens with one attached hydrogen (secondary N) is 2. The van der Waals surface area contributed by atoms with Gasteiger partial charge in [-0.2, -0.15) is 0 Å². The molecule has 6 nitrogen and oxygen atoms in total. The summed E-state index contributed by atoms with van der Waals surface area (Å²) in [6.07, 6.45) is 0. The summed E-state index contributed by atoms with van der Waals surface area (Å²) >= 11 is 0. The first kappa shape index (κ1) is 9.27. The van der Waals surface area contributed by atoms with Crippen molar-refractivity contribution in [3.05, 3.63) is 23.1 Å². The maximum atomic E-state index is 9.86. The molecule has 0 fully saturated rings. The van der Waals surface area contributed by atoms with Crippen molar-refractivity contribution in [2.45, 2.75) is 0 Å². The van der Waals surface area contributed by atoms with E-state index in [-0.39, 0.29) is 0 Å². The second-order valence-corrected chi connectivity index (χ2v) is 2.23. The highest BCUT2D eigenvalue weighted by molar-refractivity contribution is 5.62. The van der Waals surface area contributed by atoms with E-state index in [0.29, 0.717) is 17.1 Å². The predicted octanol–water partition coefficient (Wildman–Crippen LogP) is 1.59. The fourth-order valence-electron chi connectivity index (χ4n) is 0.906. The van der Waals surface area contributed by atoms with Crippen molar-refractivity contribution in [1.29, 1.82) is 0 Å². The topological polar surface area (TPSA) is 83.0 Å². The van der Waals surface area contributed by atoms with Crippen molar-refractivity contribution in [3.8, 4) is 5.75 Å². The third kappa shape index (κ3) is 2.06. The molecular weight excluding hydrogens is 174 g/mol. The average molecular weight is 183 g/mol. The Morgan fingerprint density at radius 1 is 1.54 bits per heavy atom. The molecule has 1 rings (SSSR count). The van der Waals surface area contributed by atoms with Gasteiger partial charge in [0.05, 0.1) is 18.1 Å². The molecule has 6 heteroatoms. The molecule has 1 aromatic rings. The molecule has 0 unspecified atom stereocenters. The van der Waals surface area contributed by atoms with Crippen LogP contribution >= 0.6 is 0 Å². The van der Waals surface area contributed by atoms with Crippen LogP contribution in [0.4, 0.5) is 11.4 Å². The Kier molecular flexibility index (Phi) is 3.04. The zero-order valence-electron chi connectivity index (χ0n) is 6.94. The van der Waals surface area contributed by atoms with Crippen LogP contribution in [0.25, 0.3) is 0 Å². The van der Waals surface area contributed by atoms with Gasteiger partial charge in [-0.1, -0.05) is 0 Å². The van der Waals surface area contributed by atoms with E-state index in [0.717, 1.165) is 0 Å². The number of anilines is 2. The van der Waals surface area contributed by atoms with Gasteiger partial charge < -0.3 is 4.74 Å². The van der Waals surface area contributed by atoms with Gasteiger partial charge in [-0.25, -0.2) is 5.43 Å². The molecule has 0 aromatic heterocycles. The Balaban J connectivity index is 2.98. The Labute approximate surface area is 74.4 Å². The van der Waals surface area contributed by atoms with Crippen molar-refractivity contribution >= 4 is 11.4 Å².